The number of hydrogen-bond donors (Lipinski definition) is 2. The van der Waals surface area contributed by atoms with Gasteiger partial charge in [-0.05, 0) is 31.2 Å². The van der Waals surface area contributed by atoms with Crippen molar-refractivity contribution >= 4 is 23.6 Å². The van der Waals surface area contributed by atoms with Crippen molar-refractivity contribution in [1.29, 1.82) is 0 Å². The summed E-state index contributed by atoms with van der Waals surface area (Å²) in [4.78, 5) is 37.7. The zero-order valence-corrected chi connectivity index (χ0v) is 16.7. The highest BCUT2D eigenvalue weighted by molar-refractivity contribution is 5.95. The normalized spacial score (nSPS) is 28.0. The third-order valence-electron chi connectivity index (χ3n) is 5.41. The van der Waals surface area contributed by atoms with E-state index in [9.17, 15) is 14.4 Å². The van der Waals surface area contributed by atoms with Crippen LogP contribution in [0.3, 0.4) is 0 Å². The van der Waals surface area contributed by atoms with E-state index in [4.69, 9.17) is 18.9 Å². The van der Waals surface area contributed by atoms with Gasteiger partial charge in [-0.25, -0.2) is 9.59 Å². The zero-order chi connectivity index (χ0) is 21.1. The Bertz CT molecular complexity index is 794. The number of nitrogens with one attached hydrogen (secondary N) is 2. The second-order valence-corrected chi connectivity index (χ2v) is 7.45. The maximum atomic E-state index is 12.4. The maximum absolute atomic E-state index is 12.4. The fourth-order valence-electron chi connectivity index (χ4n) is 3.78. The number of carbonyl (C=O) groups excluding carboxylic acids is 3. The van der Waals surface area contributed by atoms with Crippen LogP contribution in [0.15, 0.2) is 24.3 Å². The zero-order valence-electron chi connectivity index (χ0n) is 16.7. The van der Waals surface area contributed by atoms with E-state index in [1.165, 1.54) is 6.92 Å². The van der Waals surface area contributed by atoms with E-state index >= 15 is 0 Å². The fraction of sp³-hybridized carbons (Fsp3) is 0.550. The molecule has 1 aromatic carbocycles. The molecule has 162 valence electrons. The van der Waals surface area contributed by atoms with Crippen LogP contribution in [-0.4, -0.2) is 86.7 Å². The number of fused-ring (bicyclic) bond motifs is 1. The van der Waals surface area contributed by atoms with Crippen LogP contribution in [0, 0.1) is 0 Å². The van der Waals surface area contributed by atoms with Crippen LogP contribution in [0.4, 0.5) is 15.3 Å². The molecule has 3 saturated heterocycles. The summed E-state index contributed by atoms with van der Waals surface area (Å²) in [6, 6.07) is 6.06. The number of amides is 3. The molecule has 3 aliphatic rings. The summed E-state index contributed by atoms with van der Waals surface area (Å²) >= 11 is 0. The molecule has 30 heavy (non-hydrogen) atoms. The molecule has 3 fully saturated rings. The van der Waals surface area contributed by atoms with E-state index < -0.39 is 18.3 Å². The highest BCUT2D eigenvalue weighted by Crippen LogP contribution is 2.29. The number of hydrogen-bond acceptors (Lipinski definition) is 7. The lowest BCUT2D eigenvalue weighted by Gasteiger charge is -2.29. The second kappa shape index (κ2) is 8.99. The Kier molecular flexibility index (Phi) is 6.16. The Hall–Kier alpha value is -2.69. The summed E-state index contributed by atoms with van der Waals surface area (Å²) in [5, 5.41) is 5.58. The Labute approximate surface area is 173 Å². The third kappa shape index (κ3) is 4.55. The number of ether oxygens (including phenoxy) is 4. The molecule has 1 aromatic rings. The number of ketones is 1. The Morgan fingerprint density at radius 3 is 2.43 bits per heavy atom. The molecule has 4 atom stereocenters. The van der Waals surface area contributed by atoms with E-state index in [1.807, 2.05) is 0 Å². The smallest absolute Gasteiger partial charge is 0.412 e. The van der Waals surface area contributed by atoms with E-state index in [0.29, 0.717) is 44.2 Å². The number of nitrogens with zero attached hydrogens (tertiary/aromatic N) is 1. The molecule has 0 radical (unpaired) electrons. The average molecular weight is 419 g/mol. The van der Waals surface area contributed by atoms with Crippen LogP contribution < -0.4 is 10.6 Å². The lowest BCUT2D eigenvalue weighted by atomic mass is 10.1. The Balaban J connectivity index is 1.27. The highest BCUT2D eigenvalue weighted by Gasteiger charge is 2.50. The monoisotopic (exact) mass is 419 g/mol. The van der Waals surface area contributed by atoms with Crippen molar-refractivity contribution in [1.82, 2.24) is 10.2 Å². The number of morpholine rings is 1. The lowest BCUT2D eigenvalue weighted by Crippen LogP contribution is -2.52. The molecule has 10 heteroatoms. The van der Waals surface area contributed by atoms with Gasteiger partial charge < -0.3 is 29.2 Å². The van der Waals surface area contributed by atoms with E-state index in [-0.39, 0.29) is 30.6 Å². The molecular weight excluding hydrogens is 394 g/mol. The van der Waals surface area contributed by atoms with Crippen molar-refractivity contribution < 1.29 is 33.3 Å². The first-order valence-corrected chi connectivity index (χ1v) is 9.96. The summed E-state index contributed by atoms with van der Waals surface area (Å²) in [5.41, 5.74) is 1.08. The molecule has 2 N–H and O–H groups in total. The van der Waals surface area contributed by atoms with Crippen LogP contribution in [0.5, 0.6) is 0 Å². The quantitative estimate of drug-likeness (QED) is 0.700. The molecular formula is C20H25N3O7. The summed E-state index contributed by atoms with van der Waals surface area (Å²) in [6.45, 7) is 4.11. The predicted octanol–water partition coefficient (Wildman–Crippen LogP) is 1.01. The van der Waals surface area contributed by atoms with Gasteiger partial charge in [0.15, 0.2) is 11.9 Å². The van der Waals surface area contributed by atoms with Gasteiger partial charge in [0.1, 0.15) is 12.2 Å². The van der Waals surface area contributed by atoms with Crippen LogP contribution >= 0.6 is 0 Å². The largest absolute Gasteiger partial charge is 0.441 e. The summed E-state index contributed by atoms with van der Waals surface area (Å²) < 4.78 is 22.2. The summed E-state index contributed by atoms with van der Waals surface area (Å²) in [5.74, 6) is -0.0491. The number of rotatable bonds is 4. The molecule has 3 amide bonds. The maximum Gasteiger partial charge on any atom is 0.412 e. The summed E-state index contributed by atoms with van der Waals surface area (Å²) in [6.07, 6.45) is -2.02. The van der Waals surface area contributed by atoms with Gasteiger partial charge in [-0.15, -0.1) is 0 Å². The van der Waals surface area contributed by atoms with E-state index in [1.54, 1.807) is 29.2 Å². The first-order valence-electron chi connectivity index (χ1n) is 9.96. The summed E-state index contributed by atoms with van der Waals surface area (Å²) in [7, 11) is 0. The van der Waals surface area contributed by atoms with E-state index in [0.717, 1.165) is 0 Å². The van der Waals surface area contributed by atoms with Gasteiger partial charge in [0.2, 0.25) is 0 Å². The Morgan fingerprint density at radius 1 is 1.03 bits per heavy atom. The minimum atomic E-state index is -0.635. The number of Topliss-reactive ketones (excluding diaryl/α,β-unsaturated/α-hetero) is 1. The van der Waals surface area contributed by atoms with Crippen LogP contribution in [0.2, 0.25) is 0 Å². The number of benzene rings is 1. The minimum Gasteiger partial charge on any atom is -0.441 e. The van der Waals surface area contributed by atoms with Gasteiger partial charge in [0, 0.05) is 24.3 Å². The Morgan fingerprint density at radius 2 is 1.73 bits per heavy atom. The van der Waals surface area contributed by atoms with Crippen molar-refractivity contribution in [2.45, 2.75) is 31.3 Å². The molecule has 0 aliphatic carbocycles. The fourth-order valence-corrected chi connectivity index (χ4v) is 3.78. The minimum absolute atomic E-state index is 0.0491. The van der Waals surface area contributed by atoms with Gasteiger partial charge in [-0.2, -0.15) is 0 Å². The SMILES string of the molecule is CC(=O)c1ccc(NC(=O)O[C@H]2CO[C@@H]3[C@@H]2OC[C@@H]3NC(=O)N2CCOCC2)cc1. The number of carbonyl (C=O) groups is 3. The first-order chi connectivity index (χ1) is 14.5. The molecule has 0 unspecified atom stereocenters. The molecule has 3 heterocycles. The molecule has 0 saturated carbocycles. The molecule has 0 bridgehead atoms. The molecule has 0 aromatic heterocycles. The number of anilines is 1. The van der Waals surface area contributed by atoms with Crippen molar-refractivity contribution in [3.8, 4) is 0 Å². The standard InChI is InChI=1S/C20H25N3O7/c1-12(24)13-2-4-14(5-3-13)21-20(26)30-16-11-29-17-15(10-28-18(16)17)22-19(25)23-6-8-27-9-7-23/h2-5,15-18H,6-11H2,1H3,(H,21,26)(H,22,25)/t15-,16-,17-,18+/m0/s1. The van der Waals surface area contributed by atoms with Crippen molar-refractivity contribution in [3.63, 3.8) is 0 Å². The van der Waals surface area contributed by atoms with Gasteiger partial charge in [0.05, 0.1) is 32.5 Å². The first kappa shape index (κ1) is 20.6. The topological polar surface area (TPSA) is 115 Å². The second-order valence-electron chi connectivity index (χ2n) is 7.45. The molecule has 4 rings (SSSR count). The van der Waals surface area contributed by atoms with Gasteiger partial charge in [-0.1, -0.05) is 0 Å². The van der Waals surface area contributed by atoms with E-state index in [2.05, 4.69) is 10.6 Å². The third-order valence-corrected chi connectivity index (χ3v) is 5.41. The highest BCUT2D eigenvalue weighted by atomic mass is 16.6. The van der Waals surface area contributed by atoms with Crippen LogP contribution in [0.25, 0.3) is 0 Å². The van der Waals surface area contributed by atoms with Crippen molar-refractivity contribution in [2.75, 3.05) is 44.8 Å². The molecule has 0 spiro atoms. The van der Waals surface area contributed by atoms with Crippen LogP contribution in [0.1, 0.15) is 17.3 Å². The number of urea groups is 1. The van der Waals surface area contributed by atoms with Crippen molar-refractivity contribution in [3.05, 3.63) is 29.8 Å². The molecule has 3 aliphatic heterocycles. The lowest BCUT2D eigenvalue weighted by molar-refractivity contribution is 0.00852. The van der Waals surface area contributed by atoms with Crippen LogP contribution in [-0.2, 0) is 18.9 Å². The molecule has 10 nitrogen and oxygen atoms in total. The predicted molar refractivity (Wildman–Crippen MR) is 105 cm³/mol. The van der Waals surface area contributed by atoms with Gasteiger partial charge in [-0.3, -0.25) is 10.1 Å². The van der Waals surface area contributed by atoms with Crippen molar-refractivity contribution in [2.24, 2.45) is 0 Å². The van der Waals surface area contributed by atoms with Gasteiger partial charge in [0.25, 0.3) is 0 Å². The average Bonchev–Trinajstić information content (AvgIpc) is 3.32. The van der Waals surface area contributed by atoms with Gasteiger partial charge >= 0.3 is 12.1 Å².